The summed E-state index contributed by atoms with van der Waals surface area (Å²) >= 11 is 1.42. The molecule has 1 atom stereocenters. The smallest absolute Gasteiger partial charge is 0.252 e. The highest BCUT2D eigenvalue weighted by atomic mass is 32.1. The van der Waals surface area contributed by atoms with E-state index in [4.69, 9.17) is 5.73 Å². The van der Waals surface area contributed by atoms with Gasteiger partial charge in [0.25, 0.3) is 5.91 Å². The molecule has 100 valence electrons. The summed E-state index contributed by atoms with van der Waals surface area (Å²) in [6.07, 6.45) is 1.14. The highest BCUT2D eigenvalue weighted by molar-refractivity contribution is 7.10. The second kappa shape index (κ2) is 6.36. The fourth-order valence-electron chi connectivity index (χ4n) is 1.78. The van der Waals surface area contributed by atoms with Crippen molar-refractivity contribution in [2.24, 2.45) is 5.73 Å². The molecule has 6 heteroatoms. The summed E-state index contributed by atoms with van der Waals surface area (Å²) in [6, 6.07) is 1.76. The molecule has 19 heavy (non-hydrogen) atoms. The van der Waals surface area contributed by atoms with E-state index >= 15 is 0 Å². The van der Waals surface area contributed by atoms with Crippen molar-refractivity contribution in [1.82, 2.24) is 10.6 Å². The maximum absolute atomic E-state index is 12.0. The van der Waals surface area contributed by atoms with Gasteiger partial charge in [0, 0.05) is 24.4 Å². The van der Waals surface area contributed by atoms with Gasteiger partial charge in [-0.1, -0.05) is 11.8 Å². The second-order valence-corrected chi connectivity index (χ2v) is 5.13. The van der Waals surface area contributed by atoms with Crippen LogP contribution in [0.1, 0.15) is 28.1 Å². The molecule has 1 aliphatic heterocycles. The van der Waals surface area contributed by atoms with E-state index in [1.54, 1.807) is 11.4 Å². The maximum atomic E-state index is 12.0. The van der Waals surface area contributed by atoms with E-state index in [9.17, 15) is 9.59 Å². The topological polar surface area (TPSA) is 84.2 Å². The lowest BCUT2D eigenvalue weighted by Crippen LogP contribution is -2.47. The minimum atomic E-state index is -0.127. The van der Waals surface area contributed by atoms with Crippen molar-refractivity contribution in [1.29, 1.82) is 0 Å². The van der Waals surface area contributed by atoms with Gasteiger partial charge in [0.15, 0.2) is 0 Å². The standard InChI is InChI=1S/C13H15N3O2S/c14-5-1-2-11-6-9(8-19-11)13(18)16-10-3-4-12(17)15-7-10/h6,8,10H,3-5,7,14H2,(H,15,17)(H,16,18). The quantitative estimate of drug-likeness (QED) is 0.669. The van der Waals surface area contributed by atoms with E-state index in [0.29, 0.717) is 31.5 Å². The van der Waals surface area contributed by atoms with Crippen molar-refractivity contribution < 1.29 is 9.59 Å². The fourth-order valence-corrected chi connectivity index (χ4v) is 2.54. The first kappa shape index (κ1) is 13.6. The van der Waals surface area contributed by atoms with Crippen molar-refractivity contribution in [2.45, 2.75) is 18.9 Å². The van der Waals surface area contributed by atoms with Crippen LogP contribution in [-0.2, 0) is 4.79 Å². The van der Waals surface area contributed by atoms with Crippen LogP contribution in [0, 0.1) is 11.8 Å². The van der Waals surface area contributed by atoms with Crippen molar-refractivity contribution in [3.05, 3.63) is 21.9 Å². The summed E-state index contributed by atoms with van der Waals surface area (Å²) in [4.78, 5) is 23.8. The lowest BCUT2D eigenvalue weighted by molar-refractivity contribution is -0.122. The molecule has 0 aromatic carbocycles. The Balaban J connectivity index is 1.92. The molecule has 1 aromatic heterocycles. The summed E-state index contributed by atoms with van der Waals surface area (Å²) in [6.45, 7) is 0.801. The molecule has 1 aliphatic rings. The molecule has 2 amide bonds. The lowest BCUT2D eigenvalue weighted by atomic mass is 10.1. The average Bonchev–Trinajstić information content (AvgIpc) is 2.88. The molecular formula is C13H15N3O2S. The van der Waals surface area contributed by atoms with Gasteiger partial charge >= 0.3 is 0 Å². The first-order chi connectivity index (χ1) is 9.19. The molecule has 0 aliphatic carbocycles. The third kappa shape index (κ3) is 3.81. The number of hydrogen-bond donors (Lipinski definition) is 3. The van der Waals surface area contributed by atoms with Crippen LogP contribution in [0.3, 0.4) is 0 Å². The number of carbonyl (C=O) groups excluding carboxylic acids is 2. The summed E-state index contributed by atoms with van der Waals surface area (Å²) in [5, 5.41) is 7.42. The van der Waals surface area contributed by atoms with Gasteiger partial charge in [-0.25, -0.2) is 0 Å². The van der Waals surface area contributed by atoms with Gasteiger partial charge in [-0.3, -0.25) is 9.59 Å². The largest absolute Gasteiger partial charge is 0.354 e. The van der Waals surface area contributed by atoms with Gasteiger partial charge < -0.3 is 16.4 Å². The zero-order valence-corrected chi connectivity index (χ0v) is 11.2. The Morgan fingerprint density at radius 3 is 3.16 bits per heavy atom. The van der Waals surface area contributed by atoms with Gasteiger partial charge in [0.05, 0.1) is 17.0 Å². The Morgan fingerprint density at radius 1 is 1.63 bits per heavy atom. The van der Waals surface area contributed by atoms with Gasteiger partial charge in [0.2, 0.25) is 5.91 Å². The normalized spacial score (nSPS) is 18.2. The lowest BCUT2D eigenvalue weighted by Gasteiger charge is -2.23. The number of nitrogens with two attached hydrogens (primary N) is 1. The highest BCUT2D eigenvalue weighted by Crippen LogP contribution is 2.14. The van der Waals surface area contributed by atoms with Crippen LogP contribution in [0.5, 0.6) is 0 Å². The number of amides is 2. The van der Waals surface area contributed by atoms with E-state index < -0.39 is 0 Å². The van der Waals surface area contributed by atoms with Gasteiger partial charge in [0.1, 0.15) is 0 Å². The van der Waals surface area contributed by atoms with E-state index in [-0.39, 0.29) is 17.9 Å². The molecule has 2 rings (SSSR count). The molecule has 1 unspecified atom stereocenters. The fraction of sp³-hybridized carbons (Fsp3) is 0.385. The minimum absolute atomic E-state index is 0.00340. The Kier molecular flexibility index (Phi) is 4.55. The summed E-state index contributed by atoms with van der Waals surface area (Å²) < 4.78 is 0. The molecule has 0 radical (unpaired) electrons. The molecule has 1 fully saturated rings. The number of piperidine rings is 1. The first-order valence-corrected chi connectivity index (χ1v) is 6.92. The van der Waals surface area contributed by atoms with Crippen LogP contribution in [0.25, 0.3) is 0 Å². The van der Waals surface area contributed by atoms with Crippen LogP contribution in [0.4, 0.5) is 0 Å². The highest BCUT2D eigenvalue weighted by Gasteiger charge is 2.20. The summed E-state index contributed by atoms with van der Waals surface area (Å²) in [7, 11) is 0. The zero-order valence-electron chi connectivity index (χ0n) is 10.4. The molecule has 0 bridgehead atoms. The predicted molar refractivity (Wildman–Crippen MR) is 73.7 cm³/mol. The Morgan fingerprint density at radius 2 is 2.47 bits per heavy atom. The SMILES string of the molecule is NCC#Cc1cc(C(=O)NC2CCC(=O)NC2)cs1. The summed E-state index contributed by atoms with van der Waals surface area (Å²) in [5.74, 6) is 5.56. The maximum Gasteiger partial charge on any atom is 0.252 e. The van der Waals surface area contributed by atoms with Crippen LogP contribution in [-0.4, -0.2) is 30.9 Å². The molecule has 1 saturated heterocycles. The van der Waals surface area contributed by atoms with Gasteiger partial charge in [-0.05, 0) is 12.5 Å². The molecule has 0 spiro atoms. The van der Waals surface area contributed by atoms with Crippen LogP contribution < -0.4 is 16.4 Å². The van der Waals surface area contributed by atoms with E-state index in [0.717, 1.165) is 4.88 Å². The van der Waals surface area contributed by atoms with Crippen molar-refractivity contribution >= 4 is 23.2 Å². The number of nitrogens with one attached hydrogen (secondary N) is 2. The van der Waals surface area contributed by atoms with E-state index in [2.05, 4.69) is 22.5 Å². The summed E-state index contributed by atoms with van der Waals surface area (Å²) in [5.41, 5.74) is 5.90. The predicted octanol–water partition coefficient (Wildman–Crippen LogP) is 0.0667. The van der Waals surface area contributed by atoms with Gasteiger partial charge in [-0.2, -0.15) is 0 Å². The molecular weight excluding hydrogens is 262 g/mol. The molecule has 2 heterocycles. The van der Waals surface area contributed by atoms with Crippen LogP contribution in [0.15, 0.2) is 11.4 Å². The second-order valence-electron chi connectivity index (χ2n) is 4.22. The molecule has 5 nitrogen and oxygen atoms in total. The number of thiophene rings is 1. The van der Waals surface area contributed by atoms with Crippen molar-refractivity contribution in [2.75, 3.05) is 13.1 Å². The molecule has 1 aromatic rings. The monoisotopic (exact) mass is 277 g/mol. The minimum Gasteiger partial charge on any atom is -0.354 e. The average molecular weight is 277 g/mol. The molecule has 4 N–H and O–H groups in total. The van der Waals surface area contributed by atoms with E-state index in [1.807, 2.05) is 0 Å². The van der Waals surface area contributed by atoms with Crippen LogP contribution >= 0.6 is 11.3 Å². The number of hydrogen-bond acceptors (Lipinski definition) is 4. The first-order valence-electron chi connectivity index (χ1n) is 6.04. The zero-order chi connectivity index (χ0) is 13.7. The van der Waals surface area contributed by atoms with E-state index in [1.165, 1.54) is 11.3 Å². The third-order valence-electron chi connectivity index (χ3n) is 2.78. The third-order valence-corrected chi connectivity index (χ3v) is 3.62. The van der Waals surface area contributed by atoms with Crippen molar-refractivity contribution in [3.8, 4) is 11.8 Å². The Bertz CT molecular complexity index is 532. The van der Waals surface area contributed by atoms with Crippen LogP contribution in [0.2, 0.25) is 0 Å². The number of rotatable bonds is 2. The Labute approximate surface area is 115 Å². The Hall–Kier alpha value is -1.84. The van der Waals surface area contributed by atoms with Crippen molar-refractivity contribution in [3.63, 3.8) is 0 Å². The van der Waals surface area contributed by atoms with Gasteiger partial charge in [-0.15, -0.1) is 11.3 Å². The molecule has 0 saturated carbocycles. The number of carbonyl (C=O) groups is 2.